The number of hydrogen-bond donors (Lipinski definition) is 2. The summed E-state index contributed by atoms with van der Waals surface area (Å²) in [5.74, 6) is -1.64. The number of nitrogens with zero attached hydrogens (tertiary/aromatic N) is 1. The summed E-state index contributed by atoms with van der Waals surface area (Å²) >= 11 is 0. The number of aliphatic hydroxyl groups excluding tert-OH is 2. The fraction of sp³-hybridized carbons (Fsp3) is 0.771. The molecule has 1 unspecified atom stereocenters. The number of rotatable bonds is 38. The molecule has 0 aromatic heterocycles. The standard InChI is InChI=1S/C48H84NO11P/c1-6-8-10-11-12-13-14-15-16-17-18-19-20-21-22-23-29-33-48(54)60-42(40-59-61(55,56)58-37-36-49(3,4)5)39-57-47(53)32-28-25-24-27-31-43-44(46(52)38-45(43)51)35-34-41(50)30-26-9-7-2/h15-16,18-19,21-22,34-35,41-45,50-51H,6-14,17,20,23-33,36-40H2,1-5H3/b16-15-,19-18-,22-21-,35-34+/t41-,42+,43+,44+,45-/m0/s1. The molecule has 61 heavy (non-hydrogen) atoms. The van der Waals surface area contributed by atoms with Crippen LogP contribution in [0, 0.1) is 11.8 Å². The van der Waals surface area contributed by atoms with Crippen LogP contribution in [0.5, 0.6) is 0 Å². The molecule has 1 rings (SSSR count). The number of allylic oxidation sites excluding steroid dienone is 7. The van der Waals surface area contributed by atoms with Crippen molar-refractivity contribution in [1.29, 1.82) is 0 Å². The molecule has 1 fully saturated rings. The van der Waals surface area contributed by atoms with E-state index in [1.165, 1.54) is 38.5 Å². The number of quaternary nitrogens is 1. The highest BCUT2D eigenvalue weighted by atomic mass is 31.2. The van der Waals surface area contributed by atoms with Gasteiger partial charge in [-0.25, -0.2) is 0 Å². The van der Waals surface area contributed by atoms with Gasteiger partial charge in [-0.3, -0.25) is 18.9 Å². The number of phosphoric acid groups is 1. The summed E-state index contributed by atoms with van der Waals surface area (Å²) in [5, 5.41) is 20.8. The van der Waals surface area contributed by atoms with Crippen molar-refractivity contribution in [1.82, 2.24) is 0 Å². The number of ether oxygens (including phenoxy) is 2. The largest absolute Gasteiger partial charge is 0.756 e. The van der Waals surface area contributed by atoms with Gasteiger partial charge < -0.3 is 38.1 Å². The summed E-state index contributed by atoms with van der Waals surface area (Å²) in [4.78, 5) is 50.3. The fourth-order valence-electron chi connectivity index (χ4n) is 6.99. The van der Waals surface area contributed by atoms with E-state index in [2.05, 4.69) is 44.2 Å². The SMILES string of the molecule is CCCCCCCC/C=C\C/C=C\C/C=C\CCCC(=O)O[C@H](COC(=O)CCCCCC[C@H]1[C@@H](O)CC(=O)[C@@H]1/C=C/[C@@H](O)CCCCC)COP(=O)([O-])OCC[N+](C)(C)C. The van der Waals surface area contributed by atoms with Gasteiger partial charge in [-0.15, -0.1) is 0 Å². The first kappa shape index (κ1) is 56.6. The van der Waals surface area contributed by atoms with E-state index >= 15 is 0 Å². The predicted molar refractivity (Wildman–Crippen MR) is 241 cm³/mol. The molecular formula is C48H84NO11P. The molecule has 0 bridgehead atoms. The number of carbonyl (C=O) groups is 3. The van der Waals surface area contributed by atoms with Gasteiger partial charge in [0, 0.05) is 25.2 Å². The van der Waals surface area contributed by atoms with Gasteiger partial charge in [-0.1, -0.05) is 133 Å². The van der Waals surface area contributed by atoms with Crippen LogP contribution in [-0.4, -0.2) is 98.2 Å². The van der Waals surface area contributed by atoms with Crippen LogP contribution in [0.1, 0.15) is 162 Å². The lowest BCUT2D eigenvalue weighted by molar-refractivity contribution is -0.870. The van der Waals surface area contributed by atoms with E-state index in [-0.39, 0.29) is 44.2 Å². The van der Waals surface area contributed by atoms with Gasteiger partial charge in [0.05, 0.1) is 40.0 Å². The van der Waals surface area contributed by atoms with Crippen LogP contribution in [0.2, 0.25) is 0 Å². The summed E-state index contributed by atoms with van der Waals surface area (Å²) in [6.45, 7) is 3.78. The molecular weight excluding hydrogens is 797 g/mol. The Hall–Kier alpha value is -2.44. The van der Waals surface area contributed by atoms with Gasteiger partial charge in [0.1, 0.15) is 25.5 Å². The van der Waals surface area contributed by atoms with Gasteiger partial charge >= 0.3 is 11.9 Å². The van der Waals surface area contributed by atoms with Crippen molar-refractivity contribution >= 4 is 25.5 Å². The molecule has 0 radical (unpaired) electrons. The van der Waals surface area contributed by atoms with Gasteiger partial charge in [-0.2, -0.15) is 0 Å². The van der Waals surface area contributed by atoms with E-state index in [4.69, 9.17) is 18.5 Å². The molecule has 0 aliphatic heterocycles. The molecule has 0 saturated heterocycles. The number of unbranched alkanes of at least 4 members (excludes halogenated alkanes) is 12. The Balaban J connectivity index is 2.49. The topological polar surface area (TPSA) is 169 Å². The van der Waals surface area contributed by atoms with Crippen molar-refractivity contribution in [3.05, 3.63) is 48.6 Å². The Morgan fingerprint density at radius 1 is 0.787 bits per heavy atom. The molecule has 1 aliphatic carbocycles. The Morgan fingerprint density at radius 3 is 2.07 bits per heavy atom. The zero-order valence-corrected chi connectivity index (χ0v) is 39.5. The zero-order valence-electron chi connectivity index (χ0n) is 38.6. The minimum atomic E-state index is -4.70. The number of ketones is 1. The quantitative estimate of drug-likeness (QED) is 0.0199. The van der Waals surface area contributed by atoms with Gasteiger partial charge in [-0.05, 0) is 63.7 Å². The second-order valence-corrected chi connectivity index (χ2v) is 19.0. The number of Topliss-reactive ketones (excluding diaryl/α,β-unsaturated/α-hetero) is 1. The van der Waals surface area contributed by atoms with E-state index in [1.54, 1.807) is 12.2 Å². The molecule has 1 saturated carbocycles. The third kappa shape index (κ3) is 32.0. The number of carbonyl (C=O) groups excluding carboxylic acids is 3. The summed E-state index contributed by atoms with van der Waals surface area (Å²) in [6, 6.07) is 0. The maximum Gasteiger partial charge on any atom is 0.306 e. The van der Waals surface area contributed by atoms with Crippen LogP contribution in [0.15, 0.2) is 48.6 Å². The third-order valence-corrected chi connectivity index (χ3v) is 11.7. The highest BCUT2D eigenvalue weighted by Crippen LogP contribution is 2.38. The number of hydrogen-bond acceptors (Lipinski definition) is 11. The van der Waals surface area contributed by atoms with Crippen molar-refractivity contribution in [3.8, 4) is 0 Å². The number of aliphatic hydroxyl groups is 2. The minimum Gasteiger partial charge on any atom is -0.756 e. The molecule has 0 amide bonds. The first-order chi connectivity index (χ1) is 29.2. The van der Waals surface area contributed by atoms with Crippen LogP contribution in [0.4, 0.5) is 0 Å². The van der Waals surface area contributed by atoms with E-state index in [0.717, 1.165) is 57.8 Å². The highest BCUT2D eigenvalue weighted by Gasteiger charge is 2.39. The first-order valence-electron chi connectivity index (χ1n) is 23.4. The smallest absolute Gasteiger partial charge is 0.306 e. The molecule has 0 spiro atoms. The zero-order chi connectivity index (χ0) is 45.2. The van der Waals surface area contributed by atoms with Crippen LogP contribution in [-0.2, 0) is 37.5 Å². The van der Waals surface area contributed by atoms with Crippen molar-refractivity contribution in [2.75, 3.05) is 47.5 Å². The monoisotopic (exact) mass is 882 g/mol. The van der Waals surface area contributed by atoms with E-state index in [1.807, 2.05) is 27.2 Å². The third-order valence-electron chi connectivity index (χ3n) is 10.7. The fourth-order valence-corrected chi connectivity index (χ4v) is 7.71. The normalized spacial score (nSPS) is 19.4. The molecule has 352 valence electrons. The molecule has 0 aromatic carbocycles. The van der Waals surface area contributed by atoms with Crippen LogP contribution in [0.25, 0.3) is 0 Å². The minimum absolute atomic E-state index is 0.000788. The average molecular weight is 882 g/mol. The van der Waals surface area contributed by atoms with Gasteiger partial charge in [0.2, 0.25) is 0 Å². The lowest BCUT2D eigenvalue weighted by Gasteiger charge is -2.28. The maximum atomic E-state index is 12.7. The molecule has 13 heteroatoms. The van der Waals surface area contributed by atoms with Crippen LogP contribution in [0.3, 0.4) is 0 Å². The van der Waals surface area contributed by atoms with Crippen molar-refractivity contribution < 1.29 is 57.1 Å². The van der Waals surface area contributed by atoms with E-state index < -0.39 is 50.6 Å². The van der Waals surface area contributed by atoms with Gasteiger partial charge in [0.15, 0.2) is 6.10 Å². The van der Waals surface area contributed by atoms with E-state index in [9.17, 15) is 34.1 Å². The highest BCUT2D eigenvalue weighted by molar-refractivity contribution is 7.45. The second-order valence-electron chi connectivity index (χ2n) is 17.5. The first-order valence-corrected chi connectivity index (χ1v) is 24.9. The van der Waals surface area contributed by atoms with Crippen molar-refractivity contribution in [2.45, 2.75) is 180 Å². The summed E-state index contributed by atoms with van der Waals surface area (Å²) in [5.41, 5.74) is 0. The molecule has 0 heterocycles. The molecule has 6 atom stereocenters. The molecule has 1 aliphatic rings. The average Bonchev–Trinajstić information content (AvgIpc) is 3.47. The number of phosphoric ester groups is 1. The lowest BCUT2D eigenvalue weighted by Crippen LogP contribution is -2.37. The molecule has 0 aromatic rings. The number of esters is 2. The Bertz CT molecular complexity index is 1340. The second kappa shape index (κ2) is 35.0. The van der Waals surface area contributed by atoms with Crippen molar-refractivity contribution in [2.24, 2.45) is 11.8 Å². The summed E-state index contributed by atoms with van der Waals surface area (Å²) in [7, 11) is 0.999. The molecule has 12 nitrogen and oxygen atoms in total. The lowest BCUT2D eigenvalue weighted by atomic mass is 9.88. The predicted octanol–water partition coefficient (Wildman–Crippen LogP) is 9.42. The van der Waals surface area contributed by atoms with Crippen LogP contribution < -0.4 is 4.89 Å². The maximum absolute atomic E-state index is 12.7. The summed E-state index contributed by atoms with van der Waals surface area (Å²) in [6.07, 6.45) is 33.4. The number of likely N-dealkylation sites (N-methyl/N-ethyl adjacent to an activating group) is 1. The summed E-state index contributed by atoms with van der Waals surface area (Å²) < 4.78 is 33.8. The van der Waals surface area contributed by atoms with Crippen LogP contribution >= 0.6 is 7.82 Å². The Labute approximate surface area is 369 Å². The van der Waals surface area contributed by atoms with Gasteiger partial charge in [0.25, 0.3) is 7.82 Å². The van der Waals surface area contributed by atoms with E-state index in [0.29, 0.717) is 43.1 Å². The van der Waals surface area contributed by atoms with Crippen molar-refractivity contribution in [3.63, 3.8) is 0 Å². The Morgan fingerprint density at radius 2 is 1.38 bits per heavy atom. The Kier molecular flexibility index (Phi) is 32.4. The molecule has 2 N–H and O–H groups in total.